The molecule has 1 unspecified atom stereocenters. The lowest BCUT2D eigenvalue weighted by atomic mass is 10.1. The van der Waals surface area contributed by atoms with Gasteiger partial charge in [0.25, 0.3) is 0 Å². The number of hydrogen-bond donors (Lipinski definition) is 2. The molecule has 2 atom stereocenters. The van der Waals surface area contributed by atoms with E-state index in [0.717, 1.165) is 24.2 Å². The quantitative estimate of drug-likeness (QED) is 0.869. The molecule has 94 valence electrons. The molecule has 0 bridgehead atoms. The van der Waals surface area contributed by atoms with Crippen molar-refractivity contribution < 1.29 is 9.52 Å². The Hall–Kier alpha value is -1.74. The van der Waals surface area contributed by atoms with Crippen LogP contribution in [0.15, 0.2) is 41.0 Å². The molecule has 0 fully saturated rings. The normalized spacial score (nSPS) is 19.7. The Morgan fingerprint density at radius 1 is 1.33 bits per heavy atom. The number of nitrogens with one attached hydrogen (secondary N) is 1. The summed E-state index contributed by atoms with van der Waals surface area (Å²) in [7, 11) is 0. The minimum Gasteiger partial charge on any atom is -0.508 e. The van der Waals surface area contributed by atoms with Gasteiger partial charge in [-0.15, -0.1) is 0 Å². The molecule has 3 rings (SSSR count). The van der Waals surface area contributed by atoms with Crippen molar-refractivity contribution in [1.29, 1.82) is 0 Å². The second kappa shape index (κ2) is 4.50. The van der Waals surface area contributed by atoms with E-state index in [1.807, 2.05) is 18.2 Å². The monoisotopic (exact) mass is 243 g/mol. The van der Waals surface area contributed by atoms with E-state index in [-0.39, 0.29) is 6.04 Å². The topological polar surface area (TPSA) is 45.4 Å². The lowest BCUT2D eigenvalue weighted by molar-refractivity contribution is 0.391. The fraction of sp³-hybridized carbons (Fsp3) is 0.333. The smallest absolute Gasteiger partial charge is 0.120 e. The number of hydrogen-bond acceptors (Lipinski definition) is 3. The van der Waals surface area contributed by atoms with Crippen molar-refractivity contribution >= 4 is 0 Å². The largest absolute Gasteiger partial charge is 0.508 e. The van der Waals surface area contributed by atoms with Gasteiger partial charge in [-0.2, -0.15) is 0 Å². The van der Waals surface area contributed by atoms with Crippen molar-refractivity contribution in [2.45, 2.75) is 31.8 Å². The van der Waals surface area contributed by atoms with Crippen molar-refractivity contribution in [3.05, 3.63) is 53.5 Å². The Morgan fingerprint density at radius 3 is 3.00 bits per heavy atom. The van der Waals surface area contributed by atoms with Crippen molar-refractivity contribution in [3.63, 3.8) is 0 Å². The molecule has 1 heterocycles. The first-order valence-electron chi connectivity index (χ1n) is 6.36. The average molecular weight is 243 g/mol. The van der Waals surface area contributed by atoms with Gasteiger partial charge in [0.2, 0.25) is 0 Å². The molecular weight excluding hydrogens is 226 g/mol. The van der Waals surface area contributed by atoms with Crippen molar-refractivity contribution in [3.8, 4) is 5.75 Å². The standard InChI is InChI=1S/C15H17NO2/c1-10(15-6-3-9-18-15)16-13-8-7-12-11(13)4-2-5-14(12)17/h2-6,9-10,13,16-17H,7-8H2,1H3/t10-,13?/m1/s1. The van der Waals surface area contributed by atoms with Crippen LogP contribution in [0.25, 0.3) is 0 Å². The second-order valence-corrected chi connectivity index (χ2v) is 4.84. The molecule has 1 aromatic heterocycles. The molecule has 0 saturated heterocycles. The van der Waals surface area contributed by atoms with Crippen LogP contribution in [-0.4, -0.2) is 5.11 Å². The Morgan fingerprint density at radius 2 is 2.22 bits per heavy atom. The predicted octanol–water partition coefficient (Wildman–Crippen LogP) is 3.32. The summed E-state index contributed by atoms with van der Waals surface area (Å²) in [5.74, 6) is 1.37. The van der Waals surface area contributed by atoms with Gasteiger partial charge < -0.3 is 14.8 Å². The summed E-state index contributed by atoms with van der Waals surface area (Å²) in [4.78, 5) is 0. The van der Waals surface area contributed by atoms with Gasteiger partial charge in [0, 0.05) is 6.04 Å². The summed E-state index contributed by atoms with van der Waals surface area (Å²) < 4.78 is 5.41. The lowest BCUT2D eigenvalue weighted by Crippen LogP contribution is -2.22. The molecular formula is C15H17NO2. The molecule has 1 aromatic carbocycles. The fourth-order valence-electron chi connectivity index (χ4n) is 2.73. The maximum absolute atomic E-state index is 9.82. The highest BCUT2D eigenvalue weighted by Crippen LogP contribution is 2.37. The Bertz CT molecular complexity index is 533. The first kappa shape index (κ1) is 11.4. The predicted molar refractivity (Wildman–Crippen MR) is 69.4 cm³/mol. The van der Waals surface area contributed by atoms with Crippen LogP contribution in [0, 0.1) is 0 Å². The van der Waals surface area contributed by atoms with Crippen molar-refractivity contribution in [1.82, 2.24) is 5.32 Å². The molecule has 0 radical (unpaired) electrons. The zero-order valence-corrected chi connectivity index (χ0v) is 10.4. The van der Waals surface area contributed by atoms with Crippen LogP contribution in [0.2, 0.25) is 0 Å². The first-order valence-corrected chi connectivity index (χ1v) is 6.36. The zero-order valence-electron chi connectivity index (χ0n) is 10.4. The highest BCUT2D eigenvalue weighted by Gasteiger charge is 2.26. The average Bonchev–Trinajstić information content (AvgIpc) is 2.99. The minimum atomic E-state index is 0.179. The maximum atomic E-state index is 9.82. The minimum absolute atomic E-state index is 0.179. The number of rotatable bonds is 3. The summed E-state index contributed by atoms with van der Waals surface area (Å²) in [6.07, 6.45) is 3.66. The Balaban J connectivity index is 1.79. The number of fused-ring (bicyclic) bond motifs is 1. The van der Waals surface area contributed by atoms with Gasteiger partial charge in [-0.05, 0) is 49.1 Å². The van der Waals surface area contributed by atoms with Crippen LogP contribution in [0.3, 0.4) is 0 Å². The van der Waals surface area contributed by atoms with Crippen LogP contribution in [0.5, 0.6) is 5.75 Å². The van der Waals surface area contributed by atoms with E-state index in [1.165, 1.54) is 5.56 Å². The van der Waals surface area contributed by atoms with Gasteiger partial charge in [0.05, 0.1) is 12.3 Å². The highest BCUT2D eigenvalue weighted by molar-refractivity contribution is 5.44. The van der Waals surface area contributed by atoms with Gasteiger partial charge in [0.1, 0.15) is 11.5 Å². The van der Waals surface area contributed by atoms with E-state index in [0.29, 0.717) is 11.8 Å². The molecule has 1 aliphatic rings. The molecule has 1 aliphatic carbocycles. The maximum Gasteiger partial charge on any atom is 0.120 e. The summed E-state index contributed by atoms with van der Waals surface area (Å²) in [6.45, 7) is 2.10. The molecule has 2 aromatic rings. The third-order valence-electron chi connectivity index (χ3n) is 3.67. The number of benzene rings is 1. The third-order valence-corrected chi connectivity index (χ3v) is 3.67. The number of phenols is 1. The van der Waals surface area contributed by atoms with Crippen molar-refractivity contribution in [2.75, 3.05) is 0 Å². The highest BCUT2D eigenvalue weighted by atomic mass is 16.3. The molecule has 0 aliphatic heterocycles. The number of furan rings is 1. The molecule has 3 heteroatoms. The number of aromatic hydroxyl groups is 1. The summed E-state index contributed by atoms with van der Waals surface area (Å²) in [6, 6.07) is 10.1. The molecule has 0 saturated carbocycles. The van der Waals surface area contributed by atoms with E-state index < -0.39 is 0 Å². The summed E-state index contributed by atoms with van der Waals surface area (Å²) in [5, 5.41) is 13.4. The Kier molecular flexibility index (Phi) is 2.84. The van der Waals surface area contributed by atoms with Gasteiger partial charge in [0.15, 0.2) is 0 Å². The molecule has 0 amide bonds. The number of phenolic OH excluding ortho intramolecular Hbond substituents is 1. The zero-order chi connectivity index (χ0) is 12.5. The first-order chi connectivity index (χ1) is 8.75. The lowest BCUT2D eigenvalue weighted by Gasteiger charge is -2.18. The van der Waals surface area contributed by atoms with E-state index in [2.05, 4.69) is 18.3 Å². The van der Waals surface area contributed by atoms with Gasteiger partial charge in [-0.25, -0.2) is 0 Å². The summed E-state index contributed by atoms with van der Waals surface area (Å²) >= 11 is 0. The molecule has 18 heavy (non-hydrogen) atoms. The van der Waals surface area contributed by atoms with E-state index in [9.17, 15) is 5.11 Å². The molecule has 3 nitrogen and oxygen atoms in total. The van der Waals surface area contributed by atoms with Crippen LogP contribution in [0.1, 0.15) is 42.3 Å². The fourth-order valence-corrected chi connectivity index (χ4v) is 2.73. The molecule has 0 spiro atoms. The van der Waals surface area contributed by atoms with Crippen LogP contribution >= 0.6 is 0 Å². The second-order valence-electron chi connectivity index (χ2n) is 4.84. The van der Waals surface area contributed by atoms with E-state index in [4.69, 9.17) is 4.42 Å². The van der Waals surface area contributed by atoms with Crippen LogP contribution < -0.4 is 5.32 Å². The van der Waals surface area contributed by atoms with E-state index >= 15 is 0 Å². The van der Waals surface area contributed by atoms with E-state index in [1.54, 1.807) is 12.3 Å². The van der Waals surface area contributed by atoms with Crippen molar-refractivity contribution in [2.24, 2.45) is 0 Å². The SMILES string of the molecule is C[C@@H](NC1CCc2c(O)cccc21)c1ccco1. The summed E-state index contributed by atoms with van der Waals surface area (Å²) in [5.41, 5.74) is 2.30. The van der Waals surface area contributed by atoms with Crippen LogP contribution in [-0.2, 0) is 6.42 Å². The third kappa shape index (κ3) is 1.91. The van der Waals surface area contributed by atoms with Gasteiger partial charge >= 0.3 is 0 Å². The van der Waals surface area contributed by atoms with Gasteiger partial charge in [-0.3, -0.25) is 0 Å². The van der Waals surface area contributed by atoms with Gasteiger partial charge in [-0.1, -0.05) is 12.1 Å². The van der Waals surface area contributed by atoms with Crippen LogP contribution in [0.4, 0.5) is 0 Å². The molecule has 2 N–H and O–H groups in total. The Labute approximate surface area is 106 Å².